The maximum Gasteiger partial charge on any atom is 0.0897 e. The van der Waals surface area contributed by atoms with Crippen molar-refractivity contribution >= 4 is 23.1 Å². The Labute approximate surface area is 128 Å². The zero-order valence-electron chi connectivity index (χ0n) is 11.9. The minimum absolute atomic E-state index is 0.749. The van der Waals surface area contributed by atoms with Crippen LogP contribution in [0.25, 0.3) is 0 Å². The van der Waals surface area contributed by atoms with Crippen LogP contribution < -0.4 is 5.32 Å². The fourth-order valence-corrected chi connectivity index (χ4v) is 3.57. The molecule has 2 rings (SSSR count). The number of thioether (sulfide) groups is 1. The molecule has 0 unspecified atom stereocenters. The van der Waals surface area contributed by atoms with Gasteiger partial charge in [-0.05, 0) is 24.6 Å². The lowest BCUT2D eigenvalue weighted by Gasteiger charge is -2.06. The number of hydrogen-bond donors (Lipinski definition) is 1. The molecule has 5 heteroatoms. The van der Waals surface area contributed by atoms with Gasteiger partial charge in [-0.25, -0.2) is 4.98 Å². The molecule has 0 spiro atoms. The van der Waals surface area contributed by atoms with Crippen molar-refractivity contribution in [1.82, 2.24) is 10.3 Å². The van der Waals surface area contributed by atoms with Gasteiger partial charge < -0.3 is 10.1 Å². The van der Waals surface area contributed by atoms with E-state index in [-0.39, 0.29) is 0 Å². The summed E-state index contributed by atoms with van der Waals surface area (Å²) in [7, 11) is 1.72. The second kappa shape index (κ2) is 8.42. The van der Waals surface area contributed by atoms with E-state index in [1.165, 1.54) is 15.3 Å². The fourth-order valence-electron chi connectivity index (χ4n) is 1.78. The van der Waals surface area contributed by atoms with Gasteiger partial charge in [-0.2, -0.15) is 0 Å². The molecule has 20 heavy (non-hydrogen) atoms. The number of ether oxygens (including phenoxy) is 1. The number of methoxy groups -OCH3 is 1. The SMILES string of the molecule is COCCNCc1cccc(SCc2cnc(C)s2)c1. The summed E-state index contributed by atoms with van der Waals surface area (Å²) in [6, 6.07) is 8.68. The molecule has 0 bridgehead atoms. The van der Waals surface area contributed by atoms with E-state index >= 15 is 0 Å². The van der Waals surface area contributed by atoms with E-state index in [4.69, 9.17) is 4.74 Å². The Morgan fingerprint density at radius 2 is 2.30 bits per heavy atom. The lowest BCUT2D eigenvalue weighted by molar-refractivity contribution is 0.199. The van der Waals surface area contributed by atoms with Gasteiger partial charge in [0.15, 0.2) is 0 Å². The average molecular weight is 308 g/mol. The Morgan fingerprint density at radius 3 is 3.05 bits per heavy atom. The predicted molar refractivity (Wildman–Crippen MR) is 86.4 cm³/mol. The predicted octanol–water partition coefficient (Wildman–Crippen LogP) is 3.48. The van der Waals surface area contributed by atoms with E-state index in [1.807, 2.05) is 24.9 Å². The van der Waals surface area contributed by atoms with Crippen molar-refractivity contribution in [3.05, 3.63) is 45.9 Å². The maximum atomic E-state index is 5.02. The highest BCUT2D eigenvalue weighted by molar-refractivity contribution is 7.98. The first-order chi connectivity index (χ1) is 9.78. The van der Waals surface area contributed by atoms with E-state index in [1.54, 1.807) is 18.4 Å². The Kier molecular flexibility index (Phi) is 6.53. The van der Waals surface area contributed by atoms with Crippen LogP contribution in [-0.4, -0.2) is 25.2 Å². The van der Waals surface area contributed by atoms with Crippen LogP contribution >= 0.6 is 23.1 Å². The minimum Gasteiger partial charge on any atom is -0.383 e. The Bertz CT molecular complexity index is 528. The van der Waals surface area contributed by atoms with Crippen molar-refractivity contribution in [2.24, 2.45) is 0 Å². The number of aryl methyl sites for hydroxylation is 1. The highest BCUT2D eigenvalue weighted by atomic mass is 32.2. The van der Waals surface area contributed by atoms with Gasteiger partial charge in [0.05, 0.1) is 11.6 Å². The first-order valence-corrected chi connectivity index (χ1v) is 8.41. The normalized spacial score (nSPS) is 10.9. The van der Waals surface area contributed by atoms with E-state index in [9.17, 15) is 0 Å². The third-order valence-corrected chi connectivity index (χ3v) is 4.90. The van der Waals surface area contributed by atoms with Gasteiger partial charge in [-0.3, -0.25) is 0 Å². The highest BCUT2D eigenvalue weighted by Gasteiger charge is 2.01. The summed E-state index contributed by atoms with van der Waals surface area (Å²) in [5.74, 6) is 0.992. The number of benzene rings is 1. The molecule has 1 aromatic carbocycles. The second-order valence-corrected chi connectivity index (χ2v) is 6.82. The molecule has 0 fully saturated rings. The Hall–Kier alpha value is -0.880. The molecule has 0 radical (unpaired) electrons. The molecule has 2 aromatic rings. The fraction of sp³-hybridized carbons (Fsp3) is 0.400. The van der Waals surface area contributed by atoms with Gasteiger partial charge in [0, 0.05) is 41.9 Å². The van der Waals surface area contributed by atoms with Gasteiger partial charge in [-0.15, -0.1) is 23.1 Å². The average Bonchev–Trinajstić information content (AvgIpc) is 2.88. The molecule has 0 saturated heterocycles. The highest BCUT2D eigenvalue weighted by Crippen LogP contribution is 2.26. The van der Waals surface area contributed by atoms with Crippen LogP contribution in [0.3, 0.4) is 0 Å². The molecule has 0 aliphatic carbocycles. The first-order valence-electron chi connectivity index (χ1n) is 6.60. The molecule has 0 saturated carbocycles. The van der Waals surface area contributed by atoms with Gasteiger partial charge >= 0.3 is 0 Å². The van der Waals surface area contributed by atoms with Crippen LogP contribution in [-0.2, 0) is 17.0 Å². The largest absolute Gasteiger partial charge is 0.383 e. The molecule has 0 amide bonds. The van der Waals surface area contributed by atoms with Crippen LogP contribution in [0, 0.1) is 6.92 Å². The zero-order chi connectivity index (χ0) is 14.2. The van der Waals surface area contributed by atoms with Crippen molar-refractivity contribution in [3.63, 3.8) is 0 Å². The molecule has 1 N–H and O–H groups in total. The number of nitrogens with one attached hydrogen (secondary N) is 1. The lowest BCUT2D eigenvalue weighted by Crippen LogP contribution is -2.18. The monoisotopic (exact) mass is 308 g/mol. The smallest absolute Gasteiger partial charge is 0.0897 e. The van der Waals surface area contributed by atoms with Crippen molar-refractivity contribution in [2.45, 2.75) is 24.1 Å². The summed E-state index contributed by atoms with van der Waals surface area (Å²) >= 11 is 3.64. The van der Waals surface area contributed by atoms with Crippen LogP contribution in [0.1, 0.15) is 15.4 Å². The summed E-state index contributed by atoms with van der Waals surface area (Å²) < 4.78 is 5.02. The number of aromatic nitrogens is 1. The Morgan fingerprint density at radius 1 is 1.40 bits per heavy atom. The lowest BCUT2D eigenvalue weighted by atomic mass is 10.2. The van der Waals surface area contributed by atoms with Gasteiger partial charge in [0.2, 0.25) is 0 Å². The van der Waals surface area contributed by atoms with Gasteiger partial charge in [0.1, 0.15) is 0 Å². The number of rotatable bonds is 8. The number of nitrogens with zero attached hydrogens (tertiary/aromatic N) is 1. The van der Waals surface area contributed by atoms with Gasteiger partial charge in [0.25, 0.3) is 0 Å². The topological polar surface area (TPSA) is 34.1 Å². The maximum absolute atomic E-state index is 5.02. The van der Waals surface area contributed by atoms with Crippen molar-refractivity contribution in [2.75, 3.05) is 20.3 Å². The van der Waals surface area contributed by atoms with E-state index in [0.29, 0.717) is 0 Å². The van der Waals surface area contributed by atoms with Crippen molar-refractivity contribution < 1.29 is 4.74 Å². The molecule has 0 aliphatic rings. The molecular formula is C15H20N2OS2. The molecule has 1 aromatic heterocycles. The first kappa shape index (κ1) is 15.5. The van der Waals surface area contributed by atoms with E-state index < -0.39 is 0 Å². The number of thiazole rings is 1. The minimum atomic E-state index is 0.749. The van der Waals surface area contributed by atoms with Crippen LogP contribution in [0.2, 0.25) is 0 Å². The molecule has 0 atom stereocenters. The number of hydrogen-bond acceptors (Lipinski definition) is 5. The van der Waals surface area contributed by atoms with Crippen LogP contribution in [0.5, 0.6) is 0 Å². The van der Waals surface area contributed by atoms with E-state index in [0.717, 1.165) is 30.5 Å². The van der Waals surface area contributed by atoms with Crippen LogP contribution in [0.4, 0.5) is 0 Å². The molecule has 0 aliphatic heterocycles. The van der Waals surface area contributed by atoms with Crippen molar-refractivity contribution in [1.29, 1.82) is 0 Å². The summed E-state index contributed by atoms with van der Waals surface area (Å²) in [6.07, 6.45) is 1.98. The molecule has 108 valence electrons. The molecular weight excluding hydrogens is 288 g/mol. The summed E-state index contributed by atoms with van der Waals surface area (Å²) in [5, 5.41) is 4.50. The molecule has 3 nitrogen and oxygen atoms in total. The standard InChI is InChI=1S/C15H20N2OS2/c1-12-17-10-15(20-12)11-19-14-5-3-4-13(8-14)9-16-6-7-18-2/h3-5,8,10,16H,6-7,9,11H2,1-2H3. The third-order valence-electron chi connectivity index (χ3n) is 2.76. The summed E-state index contributed by atoms with van der Waals surface area (Å²) in [6.45, 7) is 4.57. The van der Waals surface area contributed by atoms with E-state index in [2.05, 4.69) is 34.6 Å². The van der Waals surface area contributed by atoms with Gasteiger partial charge in [-0.1, -0.05) is 12.1 Å². The summed E-state index contributed by atoms with van der Waals surface area (Å²) in [5.41, 5.74) is 1.31. The second-order valence-electron chi connectivity index (χ2n) is 4.45. The summed E-state index contributed by atoms with van der Waals surface area (Å²) in [4.78, 5) is 6.93. The Balaban J connectivity index is 1.82. The third kappa shape index (κ3) is 5.25. The molecule has 1 heterocycles. The van der Waals surface area contributed by atoms with Crippen molar-refractivity contribution in [3.8, 4) is 0 Å². The van der Waals surface area contributed by atoms with Crippen LogP contribution in [0.15, 0.2) is 35.4 Å². The zero-order valence-corrected chi connectivity index (χ0v) is 13.5. The quantitative estimate of drug-likeness (QED) is 0.598.